The summed E-state index contributed by atoms with van der Waals surface area (Å²) in [7, 11) is -4.77. The lowest BCUT2D eigenvalue weighted by Gasteiger charge is -2.32. The second-order valence-corrected chi connectivity index (χ2v) is 3.84. The van der Waals surface area contributed by atoms with Crippen LogP contribution in [0.15, 0.2) is 0 Å². The molecule has 0 spiro atoms. The van der Waals surface area contributed by atoms with Crippen molar-refractivity contribution < 1.29 is 21.8 Å². The van der Waals surface area contributed by atoms with Crippen molar-refractivity contribution in [3.63, 3.8) is 0 Å². The lowest BCUT2D eigenvalue weighted by atomic mass is 9.94. The predicted molar refractivity (Wildman–Crippen MR) is 27.6 cm³/mol. The van der Waals surface area contributed by atoms with E-state index < -0.39 is 27.7 Å². The van der Waals surface area contributed by atoms with Crippen molar-refractivity contribution in [1.82, 2.24) is 0 Å². The number of halogens is 2. The van der Waals surface area contributed by atoms with Crippen LogP contribution in [0, 0.1) is 0 Å². The van der Waals surface area contributed by atoms with Crippen molar-refractivity contribution in [2.75, 3.05) is 0 Å². The zero-order valence-corrected chi connectivity index (χ0v) is 5.70. The molecule has 59 valence electrons. The molecule has 0 heterocycles. The first-order valence-corrected chi connectivity index (χ1v) is 4.14. The average molecular weight is 171 g/mol. The van der Waals surface area contributed by atoms with Crippen LogP contribution < -0.4 is 0 Å². The molecule has 0 aromatic rings. The van der Waals surface area contributed by atoms with Gasteiger partial charge >= 0.3 is 10.1 Å². The Balaban J connectivity index is 2.80. The van der Waals surface area contributed by atoms with E-state index in [-0.39, 0.29) is 6.42 Å². The fourth-order valence-electron chi connectivity index (χ4n) is 0.836. The quantitative estimate of drug-likeness (QED) is 0.578. The summed E-state index contributed by atoms with van der Waals surface area (Å²) in [4.78, 5) is 0. The van der Waals surface area contributed by atoms with Crippen LogP contribution >= 0.6 is 0 Å². The summed E-state index contributed by atoms with van der Waals surface area (Å²) in [5, 5.41) is -1.97. The van der Waals surface area contributed by atoms with E-state index in [0.717, 1.165) is 0 Å². The summed E-state index contributed by atoms with van der Waals surface area (Å²) >= 11 is 0. The van der Waals surface area contributed by atoms with Crippen LogP contribution in [-0.4, -0.2) is 19.6 Å². The SMILES string of the molecule is [O]S(=O)(=O)C1CCC1(F)F. The molecule has 0 saturated heterocycles. The van der Waals surface area contributed by atoms with Gasteiger partial charge in [0.05, 0.1) is 0 Å². The maximum absolute atomic E-state index is 12.1. The minimum absolute atomic E-state index is 0.209. The minimum atomic E-state index is -4.77. The molecule has 1 unspecified atom stereocenters. The molecule has 0 N–H and O–H groups in total. The standard InChI is InChI=1S/C4H5F2O3S/c5-4(6)2-1-3(4)10(7,8)9/h3H,1-2H2. The lowest BCUT2D eigenvalue weighted by Crippen LogP contribution is -2.48. The summed E-state index contributed by atoms with van der Waals surface area (Å²) in [6, 6.07) is 0. The van der Waals surface area contributed by atoms with Gasteiger partial charge in [-0.2, -0.15) is 8.42 Å². The molecule has 1 rings (SSSR count). The third kappa shape index (κ3) is 1.13. The molecule has 1 saturated carbocycles. The molecule has 10 heavy (non-hydrogen) atoms. The summed E-state index contributed by atoms with van der Waals surface area (Å²) < 4.78 is 54.2. The van der Waals surface area contributed by atoms with Gasteiger partial charge < -0.3 is 0 Å². The molecule has 1 atom stereocenters. The van der Waals surface area contributed by atoms with Gasteiger partial charge in [0.15, 0.2) is 5.25 Å². The lowest BCUT2D eigenvalue weighted by molar-refractivity contribution is -0.0690. The predicted octanol–water partition coefficient (Wildman–Crippen LogP) is 0.544. The number of hydrogen-bond acceptors (Lipinski definition) is 2. The van der Waals surface area contributed by atoms with E-state index >= 15 is 0 Å². The fourth-order valence-corrected chi connectivity index (χ4v) is 1.78. The van der Waals surface area contributed by atoms with Gasteiger partial charge in [0.2, 0.25) is 0 Å². The van der Waals surface area contributed by atoms with Crippen LogP contribution in [0.4, 0.5) is 8.78 Å². The largest absolute Gasteiger partial charge is 0.303 e. The highest BCUT2D eigenvalue weighted by atomic mass is 32.2. The highest BCUT2D eigenvalue weighted by Crippen LogP contribution is 2.41. The molecule has 6 heteroatoms. The zero-order chi connectivity index (χ0) is 7.99. The first-order chi connectivity index (χ1) is 4.34. The van der Waals surface area contributed by atoms with Crippen molar-refractivity contribution in [2.24, 2.45) is 0 Å². The van der Waals surface area contributed by atoms with Crippen LogP contribution in [0.5, 0.6) is 0 Å². The smallest absolute Gasteiger partial charge is 0.205 e. The van der Waals surface area contributed by atoms with E-state index in [0.29, 0.717) is 0 Å². The molecule has 1 fully saturated rings. The first-order valence-electron chi connectivity index (χ1n) is 2.66. The van der Waals surface area contributed by atoms with E-state index in [9.17, 15) is 21.8 Å². The summed E-state index contributed by atoms with van der Waals surface area (Å²) in [6.07, 6.45) is -0.696. The van der Waals surface area contributed by atoms with Crippen molar-refractivity contribution in [1.29, 1.82) is 0 Å². The van der Waals surface area contributed by atoms with Gasteiger partial charge in [-0.25, -0.2) is 8.78 Å². The molecular formula is C4H5F2O3S. The van der Waals surface area contributed by atoms with Gasteiger partial charge in [-0.1, -0.05) is 4.55 Å². The Morgan fingerprint density at radius 3 is 1.90 bits per heavy atom. The first kappa shape index (κ1) is 7.87. The summed E-state index contributed by atoms with van der Waals surface area (Å²) in [5.74, 6) is -3.28. The highest BCUT2D eigenvalue weighted by molar-refractivity contribution is 7.86. The van der Waals surface area contributed by atoms with Crippen molar-refractivity contribution in [2.45, 2.75) is 24.0 Å². The van der Waals surface area contributed by atoms with E-state index in [2.05, 4.69) is 0 Å². The van der Waals surface area contributed by atoms with Crippen molar-refractivity contribution in [3.8, 4) is 0 Å². The van der Waals surface area contributed by atoms with Gasteiger partial charge in [0.1, 0.15) is 0 Å². The Kier molecular flexibility index (Phi) is 1.48. The Morgan fingerprint density at radius 1 is 1.40 bits per heavy atom. The normalized spacial score (nSPS) is 31.3. The number of alkyl halides is 2. The highest BCUT2D eigenvalue weighted by Gasteiger charge is 2.56. The van der Waals surface area contributed by atoms with E-state index in [4.69, 9.17) is 0 Å². The molecule has 0 aromatic heterocycles. The number of hydrogen-bond donors (Lipinski definition) is 0. The van der Waals surface area contributed by atoms with Gasteiger partial charge in [0, 0.05) is 6.42 Å². The molecule has 0 bridgehead atoms. The second kappa shape index (κ2) is 1.88. The average Bonchev–Trinajstić information content (AvgIpc) is 1.58. The van der Waals surface area contributed by atoms with E-state index in [1.807, 2.05) is 0 Å². The van der Waals surface area contributed by atoms with Crippen molar-refractivity contribution in [3.05, 3.63) is 0 Å². The van der Waals surface area contributed by atoms with Crippen LogP contribution in [0.3, 0.4) is 0 Å². The molecule has 1 radical (unpaired) electrons. The minimum Gasteiger partial charge on any atom is -0.205 e. The topological polar surface area (TPSA) is 54.0 Å². The molecule has 1 aliphatic carbocycles. The van der Waals surface area contributed by atoms with Gasteiger partial charge in [-0.15, -0.1) is 0 Å². The maximum Gasteiger partial charge on any atom is 0.303 e. The van der Waals surface area contributed by atoms with Crippen LogP contribution in [0.1, 0.15) is 12.8 Å². The molecule has 0 amide bonds. The van der Waals surface area contributed by atoms with E-state index in [1.165, 1.54) is 0 Å². The Labute approximate surface area is 56.8 Å². The third-order valence-corrected chi connectivity index (χ3v) is 2.84. The monoisotopic (exact) mass is 171 g/mol. The van der Waals surface area contributed by atoms with Crippen LogP contribution in [-0.2, 0) is 14.7 Å². The number of rotatable bonds is 1. The van der Waals surface area contributed by atoms with Crippen molar-refractivity contribution >= 4 is 10.1 Å². The Bertz CT molecular complexity index is 233. The maximum atomic E-state index is 12.1. The Hall–Kier alpha value is -0.230. The molecule has 0 aliphatic heterocycles. The van der Waals surface area contributed by atoms with Gasteiger partial charge in [-0.3, -0.25) is 0 Å². The third-order valence-electron chi connectivity index (χ3n) is 1.56. The van der Waals surface area contributed by atoms with E-state index in [1.54, 1.807) is 0 Å². The van der Waals surface area contributed by atoms with Gasteiger partial charge in [0.25, 0.3) is 5.92 Å². The second-order valence-electron chi connectivity index (χ2n) is 2.28. The Morgan fingerprint density at radius 2 is 1.90 bits per heavy atom. The van der Waals surface area contributed by atoms with Crippen LogP contribution in [0.25, 0.3) is 0 Å². The zero-order valence-electron chi connectivity index (χ0n) is 4.88. The molecule has 0 aromatic carbocycles. The molecule has 1 aliphatic rings. The summed E-state index contributed by atoms with van der Waals surface area (Å²) in [5.41, 5.74) is 0. The van der Waals surface area contributed by atoms with Crippen LogP contribution in [0.2, 0.25) is 0 Å². The summed E-state index contributed by atoms with van der Waals surface area (Å²) in [6.45, 7) is 0. The van der Waals surface area contributed by atoms with Gasteiger partial charge in [-0.05, 0) is 6.42 Å². The fraction of sp³-hybridized carbons (Fsp3) is 1.00. The molecular weight excluding hydrogens is 166 g/mol. The molecule has 3 nitrogen and oxygen atoms in total.